The van der Waals surface area contributed by atoms with Gasteiger partial charge in [0, 0.05) is 36.9 Å². The normalized spacial score (nSPS) is 17.3. The first-order chi connectivity index (χ1) is 8.70. The highest BCUT2D eigenvalue weighted by molar-refractivity contribution is 5.03. The Bertz CT molecular complexity index is 362. The summed E-state index contributed by atoms with van der Waals surface area (Å²) in [7, 11) is 2.21. The van der Waals surface area contributed by atoms with Gasteiger partial charge in [-0.05, 0) is 26.8 Å². The van der Waals surface area contributed by atoms with Gasteiger partial charge in [0.15, 0.2) is 0 Å². The van der Waals surface area contributed by atoms with Crippen molar-refractivity contribution in [3.63, 3.8) is 0 Å². The van der Waals surface area contributed by atoms with Gasteiger partial charge in [-0.3, -0.25) is 9.58 Å². The van der Waals surface area contributed by atoms with Crippen LogP contribution in [0.3, 0.4) is 0 Å². The molecule has 0 bridgehead atoms. The van der Waals surface area contributed by atoms with Gasteiger partial charge in [-0.1, -0.05) is 0 Å². The van der Waals surface area contributed by atoms with E-state index in [4.69, 9.17) is 5.11 Å². The van der Waals surface area contributed by atoms with Gasteiger partial charge in [0.25, 0.3) is 0 Å². The molecule has 0 spiro atoms. The highest BCUT2D eigenvalue weighted by Gasteiger charge is 2.28. The highest BCUT2D eigenvalue weighted by atomic mass is 16.3. The fourth-order valence-corrected chi connectivity index (χ4v) is 2.13. The third-order valence-electron chi connectivity index (χ3n) is 3.60. The van der Waals surface area contributed by atoms with Gasteiger partial charge in [-0.15, -0.1) is 0 Å². The van der Waals surface area contributed by atoms with Crippen LogP contribution >= 0.6 is 0 Å². The molecule has 0 amide bonds. The molecule has 2 rings (SSSR count). The van der Waals surface area contributed by atoms with Crippen molar-refractivity contribution >= 4 is 0 Å². The molecule has 2 N–H and O–H groups in total. The van der Waals surface area contributed by atoms with Crippen LogP contribution in [0, 0.1) is 0 Å². The molecule has 1 aromatic rings. The fraction of sp³-hybridized carbons (Fsp3) is 0.769. The van der Waals surface area contributed by atoms with Crippen LogP contribution in [0.15, 0.2) is 12.4 Å². The number of aromatic nitrogens is 2. The molecule has 0 aromatic carbocycles. The predicted molar refractivity (Wildman–Crippen MR) is 71.3 cm³/mol. The maximum atomic E-state index is 8.81. The molecule has 1 heterocycles. The maximum Gasteiger partial charge on any atom is 0.0640 e. The van der Waals surface area contributed by atoms with Gasteiger partial charge in [-0.25, -0.2) is 0 Å². The first-order valence-corrected chi connectivity index (χ1v) is 6.75. The second kappa shape index (κ2) is 6.31. The molecule has 1 saturated carbocycles. The Morgan fingerprint density at radius 2 is 2.39 bits per heavy atom. The molecule has 5 heteroatoms. The molecule has 0 aliphatic heterocycles. The minimum atomic E-state index is 0.137. The van der Waals surface area contributed by atoms with Crippen LogP contribution in [-0.4, -0.2) is 52.1 Å². The van der Waals surface area contributed by atoms with E-state index in [-0.39, 0.29) is 6.61 Å². The minimum Gasteiger partial charge on any atom is -0.394 e. The molecule has 0 saturated heterocycles. The van der Waals surface area contributed by atoms with Crippen molar-refractivity contribution in [2.24, 2.45) is 0 Å². The molecule has 102 valence electrons. The maximum absolute atomic E-state index is 8.81. The molecule has 1 aromatic heterocycles. The number of aliphatic hydroxyl groups is 1. The topological polar surface area (TPSA) is 53.3 Å². The number of hydrogen-bond donors (Lipinski definition) is 2. The van der Waals surface area contributed by atoms with Crippen LogP contribution in [-0.2, 0) is 13.1 Å². The van der Waals surface area contributed by atoms with Crippen molar-refractivity contribution in [3.8, 4) is 0 Å². The van der Waals surface area contributed by atoms with Crippen LogP contribution in [0.5, 0.6) is 0 Å². The van der Waals surface area contributed by atoms with E-state index in [0.29, 0.717) is 12.6 Å². The Morgan fingerprint density at radius 3 is 3.06 bits per heavy atom. The lowest BCUT2D eigenvalue weighted by Crippen LogP contribution is -2.38. The van der Waals surface area contributed by atoms with E-state index in [1.165, 1.54) is 18.4 Å². The molecule has 0 radical (unpaired) electrons. The summed E-state index contributed by atoms with van der Waals surface area (Å²) in [5.41, 5.74) is 1.17. The third kappa shape index (κ3) is 3.80. The van der Waals surface area contributed by atoms with Gasteiger partial charge in [0.1, 0.15) is 0 Å². The summed E-state index contributed by atoms with van der Waals surface area (Å²) >= 11 is 0. The zero-order valence-electron chi connectivity index (χ0n) is 11.3. The largest absolute Gasteiger partial charge is 0.394 e. The van der Waals surface area contributed by atoms with Crippen molar-refractivity contribution in [2.45, 2.75) is 44.9 Å². The molecule has 18 heavy (non-hydrogen) atoms. The standard InChI is InChI=1S/C13H24N4O/c1-11(16(2)13-3-4-13)7-14-8-12-9-15-17(10-12)5-6-18/h9-11,13-14,18H,3-8H2,1-2H3. The molecular weight excluding hydrogens is 228 g/mol. The van der Waals surface area contributed by atoms with E-state index < -0.39 is 0 Å². The van der Waals surface area contributed by atoms with E-state index >= 15 is 0 Å². The minimum absolute atomic E-state index is 0.137. The van der Waals surface area contributed by atoms with E-state index in [2.05, 4.69) is 29.3 Å². The summed E-state index contributed by atoms with van der Waals surface area (Å²) in [6, 6.07) is 1.39. The molecule has 1 aliphatic rings. The van der Waals surface area contributed by atoms with Gasteiger partial charge >= 0.3 is 0 Å². The van der Waals surface area contributed by atoms with E-state index in [9.17, 15) is 0 Å². The van der Waals surface area contributed by atoms with Crippen molar-refractivity contribution < 1.29 is 5.11 Å². The Labute approximate surface area is 109 Å². The second-order valence-electron chi connectivity index (χ2n) is 5.21. The van der Waals surface area contributed by atoms with Gasteiger partial charge < -0.3 is 10.4 Å². The van der Waals surface area contributed by atoms with Gasteiger partial charge in [0.2, 0.25) is 0 Å². The fourth-order valence-electron chi connectivity index (χ4n) is 2.13. The molecule has 1 aliphatic carbocycles. The summed E-state index contributed by atoms with van der Waals surface area (Å²) in [6.07, 6.45) is 6.56. The van der Waals surface area contributed by atoms with Crippen molar-refractivity contribution in [2.75, 3.05) is 20.2 Å². The van der Waals surface area contributed by atoms with Crippen molar-refractivity contribution in [1.82, 2.24) is 20.0 Å². The van der Waals surface area contributed by atoms with Crippen LogP contribution in [0.4, 0.5) is 0 Å². The smallest absolute Gasteiger partial charge is 0.0640 e. The van der Waals surface area contributed by atoms with E-state index in [1.807, 2.05) is 12.4 Å². The Morgan fingerprint density at radius 1 is 1.61 bits per heavy atom. The number of nitrogens with one attached hydrogen (secondary N) is 1. The van der Waals surface area contributed by atoms with Crippen LogP contribution in [0.2, 0.25) is 0 Å². The Kier molecular flexibility index (Phi) is 4.74. The van der Waals surface area contributed by atoms with Crippen LogP contribution in [0.25, 0.3) is 0 Å². The van der Waals surface area contributed by atoms with Gasteiger partial charge in [0.05, 0.1) is 19.3 Å². The summed E-state index contributed by atoms with van der Waals surface area (Å²) < 4.78 is 1.77. The Balaban J connectivity index is 1.67. The van der Waals surface area contributed by atoms with Crippen molar-refractivity contribution in [1.29, 1.82) is 0 Å². The summed E-state index contributed by atoms with van der Waals surface area (Å²) in [6.45, 7) is 4.81. The molecule has 5 nitrogen and oxygen atoms in total. The summed E-state index contributed by atoms with van der Waals surface area (Å²) in [4.78, 5) is 2.46. The third-order valence-corrected chi connectivity index (χ3v) is 3.60. The number of hydrogen-bond acceptors (Lipinski definition) is 4. The number of rotatable bonds is 8. The number of nitrogens with zero attached hydrogens (tertiary/aromatic N) is 3. The quantitative estimate of drug-likeness (QED) is 0.705. The molecule has 1 unspecified atom stereocenters. The Hall–Kier alpha value is -0.910. The highest BCUT2D eigenvalue weighted by Crippen LogP contribution is 2.26. The van der Waals surface area contributed by atoms with E-state index in [0.717, 1.165) is 19.1 Å². The first-order valence-electron chi connectivity index (χ1n) is 6.75. The zero-order valence-corrected chi connectivity index (χ0v) is 11.3. The van der Waals surface area contributed by atoms with Crippen LogP contribution in [0.1, 0.15) is 25.3 Å². The predicted octanol–water partition coefficient (Wildman–Crippen LogP) is 0.448. The first kappa shape index (κ1) is 13.5. The monoisotopic (exact) mass is 252 g/mol. The second-order valence-corrected chi connectivity index (χ2v) is 5.21. The number of likely N-dealkylation sites (N-methyl/N-ethyl adjacent to an activating group) is 1. The van der Waals surface area contributed by atoms with Gasteiger partial charge in [-0.2, -0.15) is 5.10 Å². The lowest BCUT2D eigenvalue weighted by Gasteiger charge is -2.24. The lowest BCUT2D eigenvalue weighted by atomic mass is 10.2. The van der Waals surface area contributed by atoms with E-state index in [1.54, 1.807) is 4.68 Å². The summed E-state index contributed by atoms with van der Waals surface area (Å²) in [5.74, 6) is 0. The summed E-state index contributed by atoms with van der Waals surface area (Å²) in [5, 5.41) is 16.5. The average molecular weight is 252 g/mol. The zero-order chi connectivity index (χ0) is 13.0. The van der Waals surface area contributed by atoms with Crippen molar-refractivity contribution in [3.05, 3.63) is 18.0 Å². The molecule has 1 atom stereocenters. The molecular formula is C13H24N4O. The van der Waals surface area contributed by atoms with Crippen LogP contribution < -0.4 is 5.32 Å². The average Bonchev–Trinajstić information content (AvgIpc) is 3.11. The lowest BCUT2D eigenvalue weighted by molar-refractivity contribution is 0.241. The number of aliphatic hydroxyl groups excluding tert-OH is 1. The molecule has 1 fully saturated rings. The SMILES string of the molecule is CC(CNCc1cnn(CCO)c1)N(C)C1CC1.